The Kier molecular flexibility index (Phi) is 6.51. The second-order valence-corrected chi connectivity index (χ2v) is 9.68. The Labute approximate surface area is 178 Å². The van der Waals surface area contributed by atoms with Crippen LogP contribution < -0.4 is 4.90 Å². The molecule has 0 radical (unpaired) electrons. The van der Waals surface area contributed by atoms with Gasteiger partial charge in [0.05, 0.1) is 0 Å². The molecule has 3 rings (SSSR count). The molecule has 0 aliphatic carbocycles. The van der Waals surface area contributed by atoms with Crippen molar-refractivity contribution < 1.29 is 4.58 Å². The summed E-state index contributed by atoms with van der Waals surface area (Å²) in [6.45, 7) is 20.6. The van der Waals surface area contributed by atoms with E-state index < -0.39 is 0 Å². The van der Waals surface area contributed by atoms with Crippen molar-refractivity contribution in [2.75, 3.05) is 18.0 Å². The SMILES string of the molecule is CC(C)c1cccc(N2C=[N+](c3cccc(C(C)C)c3C(C)C)CC2)c1C(C)C. The number of nitrogens with zero attached hydrogens (tertiary/aromatic N) is 2. The lowest BCUT2D eigenvalue weighted by atomic mass is 9.89. The van der Waals surface area contributed by atoms with E-state index >= 15 is 0 Å². The fourth-order valence-electron chi connectivity index (χ4n) is 4.77. The third-order valence-corrected chi connectivity index (χ3v) is 6.11. The third-order valence-electron chi connectivity index (χ3n) is 6.11. The predicted molar refractivity (Wildman–Crippen MR) is 127 cm³/mol. The van der Waals surface area contributed by atoms with Crippen LogP contribution in [0.15, 0.2) is 36.4 Å². The molecule has 0 spiro atoms. The zero-order valence-electron chi connectivity index (χ0n) is 19.7. The maximum absolute atomic E-state index is 2.47. The summed E-state index contributed by atoms with van der Waals surface area (Å²) >= 11 is 0. The van der Waals surface area contributed by atoms with Crippen LogP contribution in [0.4, 0.5) is 11.4 Å². The lowest BCUT2D eigenvalue weighted by molar-refractivity contribution is -0.424. The monoisotopic (exact) mass is 391 g/mol. The maximum Gasteiger partial charge on any atom is 0.244 e. The van der Waals surface area contributed by atoms with Gasteiger partial charge in [-0.05, 0) is 46.9 Å². The zero-order chi connectivity index (χ0) is 21.3. The van der Waals surface area contributed by atoms with Crippen LogP contribution in [-0.2, 0) is 0 Å². The van der Waals surface area contributed by atoms with Gasteiger partial charge in [0.1, 0.15) is 24.5 Å². The van der Waals surface area contributed by atoms with Crippen molar-refractivity contribution in [1.82, 2.24) is 0 Å². The molecule has 29 heavy (non-hydrogen) atoms. The Morgan fingerprint density at radius 2 is 1.24 bits per heavy atom. The summed E-state index contributed by atoms with van der Waals surface area (Å²) in [5.41, 5.74) is 8.71. The van der Waals surface area contributed by atoms with Crippen LogP contribution in [0.3, 0.4) is 0 Å². The summed E-state index contributed by atoms with van der Waals surface area (Å²) in [7, 11) is 0. The molecule has 0 unspecified atom stereocenters. The molecule has 156 valence electrons. The molecular weight excluding hydrogens is 352 g/mol. The van der Waals surface area contributed by atoms with E-state index in [1.165, 1.54) is 33.6 Å². The molecule has 1 aliphatic heterocycles. The molecule has 1 heterocycles. The molecule has 0 N–H and O–H groups in total. The molecule has 0 aromatic heterocycles. The van der Waals surface area contributed by atoms with Gasteiger partial charge in [-0.25, -0.2) is 9.48 Å². The van der Waals surface area contributed by atoms with Gasteiger partial charge in [0.15, 0.2) is 0 Å². The van der Waals surface area contributed by atoms with Gasteiger partial charge in [0, 0.05) is 11.1 Å². The average molecular weight is 392 g/mol. The van der Waals surface area contributed by atoms with E-state index in [0.717, 1.165) is 13.1 Å². The Balaban J connectivity index is 2.08. The molecule has 0 bridgehead atoms. The molecule has 2 aromatic carbocycles. The summed E-state index contributed by atoms with van der Waals surface area (Å²) in [6.07, 6.45) is 2.34. The van der Waals surface area contributed by atoms with Gasteiger partial charge in [-0.1, -0.05) is 79.7 Å². The first kappa shape index (κ1) is 21.6. The van der Waals surface area contributed by atoms with Gasteiger partial charge in [0.25, 0.3) is 0 Å². The maximum atomic E-state index is 2.47. The first-order valence-corrected chi connectivity index (χ1v) is 11.4. The molecule has 2 heteroatoms. The topological polar surface area (TPSA) is 6.25 Å². The van der Waals surface area contributed by atoms with Crippen molar-refractivity contribution in [3.8, 4) is 0 Å². The largest absolute Gasteiger partial charge is 0.244 e. The second kappa shape index (κ2) is 8.73. The van der Waals surface area contributed by atoms with Crippen LogP contribution in [0.25, 0.3) is 0 Å². The van der Waals surface area contributed by atoms with Gasteiger partial charge in [-0.3, -0.25) is 0 Å². The van der Waals surface area contributed by atoms with Crippen LogP contribution >= 0.6 is 0 Å². The summed E-state index contributed by atoms with van der Waals surface area (Å²) < 4.78 is 2.47. The Hall–Kier alpha value is -2.09. The smallest absolute Gasteiger partial charge is 0.229 e. The number of rotatable bonds is 6. The van der Waals surface area contributed by atoms with Crippen molar-refractivity contribution in [2.24, 2.45) is 0 Å². The van der Waals surface area contributed by atoms with E-state index in [9.17, 15) is 0 Å². The van der Waals surface area contributed by atoms with Gasteiger partial charge in [-0.15, -0.1) is 0 Å². The fraction of sp³-hybridized carbons (Fsp3) is 0.519. The number of anilines is 1. The quantitative estimate of drug-likeness (QED) is 0.466. The lowest BCUT2D eigenvalue weighted by Crippen LogP contribution is -2.21. The molecule has 2 nitrogen and oxygen atoms in total. The van der Waals surface area contributed by atoms with E-state index in [1.54, 1.807) is 0 Å². The molecule has 2 aromatic rings. The minimum absolute atomic E-state index is 0.515. The van der Waals surface area contributed by atoms with Crippen molar-refractivity contribution >= 4 is 17.7 Å². The minimum atomic E-state index is 0.515. The predicted octanol–water partition coefficient (Wildman–Crippen LogP) is 7.37. The van der Waals surface area contributed by atoms with Gasteiger partial charge in [-0.2, -0.15) is 0 Å². The highest BCUT2D eigenvalue weighted by Crippen LogP contribution is 2.37. The van der Waals surface area contributed by atoms with Gasteiger partial charge in [0.2, 0.25) is 6.34 Å². The number of hydrogen-bond acceptors (Lipinski definition) is 1. The van der Waals surface area contributed by atoms with Crippen molar-refractivity contribution in [2.45, 2.75) is 79.1 Å². The zero-order valence-corrected chi connectivity index (χ0v) is 19.7. The molecular formula is C27H39N2+. The molecule has 0 saturated carbocycles. The van der Waals surface area contributed by atoms with E-state index in [4.69, 9.17) is 0 Å². The van der Waals surface area contributed by atoms with E-state index in [2.05, 4.69) is 108 Å². The fourth-order valence-corrected chi connectivity index (χ4v) is 4.77. The first-order valence-electron chi connectivity index (χ1n) is 11.4. The van der Waals surface area contributed by atoms with Crippen molar-refractivity contribution in [3.63, 3.8) is 0 Å². The Morgan fingerprint density at radius 1 is 0.690 bits per heavy atom. The highest BCUT2D eigenvalue weighted by Gasteiger charge is 2.29. The standard InChI is InChI=1S/C27H39N2/c1-18(2)22-11-9-13-24(26(22)20(5)6)28-15-16-29(17-28)25-14-10-12-23(19(3)4)27(25)21(7)8/h9-14,17-21H,15-16H2,1-8H3/q+1. The molecule has 0 amide bonds. The Bertz CT molecular complexity index is 887. The second-order valence-electron chi connectivity index (χ2n) is 9.68. The molecule has 0 fully saturated rings. The summed E-state index contributed by atoms with van der Waals surface area (Å²) in [4.78, 5) is 2.47. The van der Waals surface area contributed by atoms with Crippen LogP contribution in [0.1, 0.15) is 101 Å². The van der Waals surface area contributed by atoms with Gasteiger partial charge < -0.3 is 0 Å². The van der Waals surface area contributed by atoms with E-state index in [-0.39, 0.29) is 0 Å². The Morgan fingerprint density at radius 3 is 1.79 bits per heavy atom. The van der Waals surface area contributed by atoms with E-state index in [1.807, 2.05) is 0 Å². The highest BCUT2D eigenvalue weighted by atomic mass is 15.3. The molecule has 1 aliphatic rings. The van der Waals surface area contributed by atoms with E-state index in [0.29, 0.717) is 23.7 Å². The normalized spacial score (nSPS) is 14.6. The minimum Gasteiger partial charge on any atom is -0.229 e. The highest BCUT2D eigenvalue weighted by molar-refractivity contribution is 5.81. The third kappa shape index (κ3) is 4.27. The summed E-state index contributed by atoms with van der Waals surface area (Å²) in [5.74, 6) is 2.12. The number of benzene rings is 2. The van der Waals surface area contributed by atoms with Crippen LogP contribution in [0.2, 0.25) is 0 Å². The van der Waals surface area contributed by atoms with Crippen LogP contribution in [0.5, 0.6) is 0 Å². The number of hydrogen-bond donors (Lipinski definition) is 0. The average Bonchev–Trinajstić information content (AvgIpc) is 3.16. The lowest BCUT2D eigenvalue weighted by Gasteiger charge is -2.21. The van der Waals surface area contributed by atoms with Crippen LogP contribution in [0, 0.1) is 0 Å². The van der Waals surface area contributed by atoms with Crippen molar-refractivity contribution in [1.29, 1.82) is 0 Å². The van der Waals surface area contributed by atoms with Gasteiger partial charge >= 0.3 is 0 Å². The first-order chi connectivity index (χ1) is 13.7. The van der Waals surface area contributed by atoms with Crippen molar-refractivity contribution in [3.05, 3.63) is 58.7 Å². The summed E-state index contributed by atoms with van der Waals surface area (Å²) in [6, 6.07) is 13.7. The molecule has 0 atom stereocenters. The molecule has 0 saturated heterocycles. The summed E-state index contributed by atoms with van der Waals surface area (Å²) in [5, 5.41) is 0. The van der Waals surface area contributed by atoms with Crippen LogP contribution in [-0.4, -0.2) is 24.0 Å².